The summed E-state index contributed by atoms with van der Waals surface area (Å²) in [7, 11) is -1.92. The molecule has 0 saturated carbocycles. The molecule has 1 radical (unpaired) electrons. The Morgan fingerprint density at radius 1 is 0.923 bits per heavy atom. The minimum atomic E-state index is -1.92. The first-order chi connectivity index (χ1) is 24.2. The number of allylic oxidation sites excluding steroid dienone is 2. The first-order valence-electron chi connectivity index (χ1n) is 19.1. The summed E-state index contributed by atoms with van der Waals surface area (Å²) in [4.78, 5) is 16.6. The average Bonchev–Trinajstić information content (AvgIpc) is 3.58. The molecule has 3 aromatic carbocycles. The van der Waals surface area contributed by atoms with Gasteiger partial charge in [0.1, 0.15) is 19.4 Å². The summed E-state index contributed by atoms with van der Waals surface area (Å²) >= 11 is 0. The number of aliphatic hydroxyl groups excluding tert-OH is 1. The average molecular weight is 893 g/mol. The third-order valence-corrected chi connectivity index (χ3v) is 14.3. The number of rotatable bonds is 10. The molecular formula is C46H58IrNO3Si-. The number of hydrogen-bond acceptors (Lipinski definition) is 4. The fourth-order valence-corrected chi connectivity index (χ4v) is 11.2. The minimum absolute atomic E-state index is 0. The van der Waals surface area contributed by atoms with E-state index in [4.69, 9.17) is 9.40 Å². The van der Waals surface area contributed by atoms with Crippen molar-refractivity contribution >= 4 is 46.0 Å². The zero-order chi connectivity index (χ0) is 37.2. The fourth-order valence-electron chi connectivity index (χ4n) is 7.90. The molecule has 279 valence electrons. The molecule has 52 heavy (non-hydrogen) atoms. The summed E-state index contributed by atoms with van der Waals surface area (Å²) in [5, 5.41) is 16.3. The molecule has 0 atom stereocenters. The Labute approximate surface area is 326 Å². The number of fused-ring (bicyclic) bond motifs is 6. The molecule has 1 N–H and O–H groups in total. The van der Waals surface area contributed by atoms with E-state index >= 15 is 0 Å². The van der Waals surface area contributed by atoms with Crippen LogP contribution in [0.4, 0.5) is 0 Å². The number of hydrogen-bond donors (Lipinski definition) is 1. The molecule has 0 bridgehead atoms. The van der Waals surface area contributed by atoms with Crippen molar-refractivity contribution in [1.29, 1.82) is 0 Å². The summed E-state index contributed by atoms with van der Waals surface area (Å²) in [6.07, 6.45) is 7.92. The smallest absolute Gasteiger partial charge is 0.162 e. The van der Waals surface area contributed by atoms with Crippen LogP contribution >= 0.6 is 0 Å². The van der Waals surface area contributed by atoms with E-state index in [9.17, 15) is 9.90 Å². The van der Waals surface area contributed by atoms with Crippen molar-refractivity contribution < 1.29 is 34.4 Å². The SMILES string of the molecule is CC(C)Cc1cccc2c1-c1oc3c(-c4[c-]c5ccccc5c(C(C)(C)C)c4)nccc3c1[Si]2(C)C.CCC(CC)C(=O)/C=C(\O)C(CC)CC.[Ir]. The van der Waals surface area contributed by atoms with Crippen LogP contribution in [0, 0.1) is 23.8 Å². The predicted molar refractivity (Wildman–Crippen MR) is 219 cm³/mol. The van der Waals surface area contributed by atoms with Crippen molar-refractivity contribution in [2.24, 2.45) is 17.8 Å². The van der Waals surface area contributed by atoms with Crippen LogP contribution in [0.3, 0.4) is 0 Å². The summed E-state index contributed by atoms with van der Waals surface area (Å²) in [6.45, 7) is 24.4. The van der Waals surface area contributed by atoms with E-state index in [0.29, 0.717) is 5.92 Å². The van der Waals surface area contributed by atoms with Gasteiger partial charge in [-0.05, 0) is 65.4 Å². The molecule has 6 rings (SSSR count). The summed E-state index contributed by atoms with van der Waals surface area (Å²) < 4.78 is 6.87. The van der Waals surface area contributed by atoms with Gasteiger partial charge in [0.2, 0.25) is 0 Å². The van der Waals surface area contributed by atoms with Crippen molar-refractivity contribution in [1.82, 2.24) is 4.98 Å². The molecule has 6 heteroatoms. The number of ketones is 1. The maximum absolute atomic E-state index is 11.7. The molecule has 1 aliphatic heterocycles. The second-order valence-corrected chi connectivity index (χ2v) is 20.6. The number of furan rings is 1. The van der Waals surface area contributed by atoms with Crippen molar-refractivity contribution in [2.45, 2.75) is 113 Å². The molecule has 3 heterocycles. The van der Waals surface area contributed by atoms with E-state index < -0.39 is 8.07 Å². The van der Waals surface area contributed by atoms with Crippen molar-refractivity contribution in [3.8, 4) is 22.6 Å². The molecule has 1 aliphatic rings. The standard InChI is InChI=1S/C33H34NOSi.C13H24O2.Ir/c1-20(2)17-22-12-10-14-27-28(22)31-32(36(27,6)7)25-15-16-34-29(30(25)35-31)23-18-21-11-8-9-13-24(21)26(19-23)33(3,4)5;1-5-10(6-2)12(14)9-13(15)11(7-3)8-4;/h8-16,19-20H,17H2,1-7H3;9-11,14H,5-8H2,1-4H3;/q-1;;/b;12-9-;. The Balaban J connectivity index is 0.000000323. The van der Waals surface area contributed by atoms with Gasteiger partial charge in [-0.3, -0.25) is 9.78 Å². The van der Waals surface area contributed by atoms with Crippen LogP contribution in [-0.2, 0) is 36.7 Å². The first-order valence-corrected chi connectivity index (χ1v) is 22.1. The van der Waals surface area contributed by atoms with Crippen molar-refractivity contribution in [3.05, 3.63) is 89.8 Å². The quantitative estimate of drug-likeness (QED) is 0.0657. The molecule has 5 aromatic rings. The second kappa shape index (κ2) is 16.8. The maximum atomic E-state index is 11.7. The van der Waals surface area contributed by atoms with Gasteiger partial charge in [0.05, 0.1) is 5.76 Å². The third-order valence-electron chi connectivity index (χ3n) is 10.8. The van der Waals surface area contributed by atoms with Crippen LogP contribution in [0.2, 0.25) is 13.1 Å². The first kappa shape index (κ1) is 41.4. The molecule has 0 saturated heterocycles. The second-order valence-electron chi connectivity index (χ2n) is 16.3. The van der Waals surface area contributed by atoms with Crippen LogP contribution in [0.15, 0.2) is 77.0 Å². The molecule has 0 spiro atoms. The Kier molecular flexibility index (Phi) is 13.4. The molecule has 2 aromatic heterocycles. The van der Waals surface area contributed by atoms with Crippen molar-refractivity contribution in [2.75, 3.05) is 0 Å². The van der Waals surface area contributed by atoms with E-state index in [1.807, 2.05) is 33.9 Å². The normalized spacial score (nSPS) is 13.7. The summed E-state index contributed by atoms with van der Waals surface area (Å²) in [6, 6.07) is 23.5. The molecule has 0 fully saturated rings. The topological polar surface area (TPSA) is 63.3 Å². The van der Waals surface area contributed by atoms with E-state index in [-0.39, 0.29) is 48.9 Å². The summed E-state index contributed by atoms with van der Waals surface area (Å²) in [5.41, 5.74) is 6.86. The van der Waals surface area contributed by atoms with E-state index in [1.165, 1.54) is 43.9 Å². The van der Waals surface area contributed by atoms with Crippen LogP contribution in [0.1, 0.15) is 99.1 Å². The minimum Gasteiger partial charge on any atom is -0.512 e. The maximum Gasteiger partial charge on any atom is 0.162 e. The number of nitrogens with zero attached hydrogens (tertiary/aromatic N) is 1. The van der Waals surface area contributed by atoms with Gasteiger partial charge in [0.25, 0.3) is 0 Å². The van der Waals surface area contributed by atoms with Gasteiger partial charge >= 0.3 is 0 Å². The van der Waals surface area contributed by atoms with Gasteiger partial charge in [-0.1, -0.05) is 123 Å². The number of aromatic nitrogens is 1. The Morgan fingerprint density at radius 3 is 2.19 bits per heavy atom. The third kappa shape index (κ3) is 8.10. The van der Waals surface area contributed by atoms with Crippen LogP contribution in [0.25, 0.3) is 44.3 Å². The van der Waals surface area contributed by atoms with Crippen molar-refractivity contribution in [3.63, 3.8) is 0 Å². The van der Waals surface area contributed by atoms with E-state index in [1.54, 1.807) is 0 Å². The van der Waals surface area contributed by atoms with Gasteiger partial charge in [0.15, 0.2) is 5.78 Å². The van der Waals surface area contributed by atoms with Crippen LogP contribution in [0.5, 0.6) is 0 Å². The van der Waals surface area contributed by atoms with Gasteiger partial charge in [0, 0.05) is 60.9 Å². The monoisotopic (exact) mass is 893 g/mol. The number of carbonyl (C=O) groups is 1. The Morgan fingerprint density at radius 2 is 1.58 bits per heavy atom. The van der Waals surface area contributed by atoms with E-state index in [0.717, 1.165) is 60.1 Å². The Bertz CT molecular complexity index is 2060. The molecule has 0 unspecified atom stereocenters. The predicted octanol–water partition coefficient (Wildman–Crippen LogP) is 11.6. The Hall–Kier alpha value is -3.31. The molecular weight excluding hydrogens is 835 g/mol. The number of aliphatic hydroxyl groups is 1. The molecule has 0 aliphatic carbocycles. The van der Waals surface area contributed by atoms with Crippen LogP contribution < -0.4 is 10.4 Å². The van der Waals surface area contributed by atoms with Gasteiger partial charge in [-0.25, -0.2) is 0 Å². The van der Waals surface area contributed by atoms with Gasteiger partial charge < -0.3 is 9.52 Å². The zero-order valence-corrected chi connectivity index (χ0v) is 36.6. The summed E-state index contributed by atoms with van der Waals surface area (Å²) in [5.74, 6) is 2.22. The fraction of sp³-hybridized carbons (Fsp3) is 0.435. The number of pyridine rings is 1. The zero-order valence-electron chi connectivity index (χ0n) is 33.2. The van der Waals surface area contributed by atoms with E-state index in [2.05, 4.69) is 108 Å². The number of benzene rings is 3. The van der Waals surface area contributed by atoms with Crippen LogP contribution in [-0.4, -0.2) is 23.9 Å². The van der Waals surface area contributed by atoms with Gasteiger partial charge in [-0.2, -0.15) is 0 Å². The number of carbonyl (C=O) groups excluding carboxylic acids is 1. The molecule has 0 amide bonds. The largest absolute Gasteiger partial charge is 0.512 e. The molecule has 4 nitrogen and oxygen atoms in total. The van der Waals surface area contributed by atoms with Gasteiger partial charge in [-0.15, -0.1) is 29.1 Å².